The highest BCUT2D eigenvalue weighted by Crippen LogP contribution is 2.31. The highest BCUT2D eigenvalue weighted by molar-refractivity contribution is 5.96. The molecule has 0 radical (unpaired) electrons. The second kappa shape index (κ2) is 11.8. The number of hydrogen-bond acceptors (Lipinski definition) is 4. The lowest BCUT2D eigenvalue weighted by Gasteiger charge is -2.22. The third-order valence-corrected chi connectivity index (χ3v) is 5.52. The molecule has 0 saturated carbocycles. The van der Waals surface area contributed by atoms with E-state index in [2.05, 4.69) is 10.6 Å². The second-order valence-electron chi connectivity index (χ2n) is 8.08. The van der Waals surface area contributed by atoms with E-state index in [1.54, 1.807) is 18.2 Å². The highest BCUT2D eigenvalue weighted by atomic mass is 19.1. The van der Waals surface area contributed by atoms with Crippen LogP contribution in [0.1, 0.15) is 38.0 Å². The lowest BCUT2D eigenvalue weighted by Crippen LogP contribution is -2.41. The highest BCUT2D eigenvalue weighted by Gasteiger charge is 2.21. The molecule has 0 bridgehead atoms. The molecule has 2 amide bonds. The topological polar surface area (TPSA) is 76.7 Å². The van der Waals surface area contributed by atoms with Gasteiger partial charge in [0, 0.05) is 11.1 Å². The maximum atomic E-state index is 13.3. The maximum absolute atomic E-state index is 13.3. The monoisotopic (exact) mass is 502 g/mol. The summed E-state index contributed by atoms with van der Waals surface area (Å²) in [6.07, 6.45) is -1.000. The number of ether oxygens (including phenoxy) is 2. The summed E-state index contributed by atoms with van der Waals surface area (Å²) >= 11 is 0. The molecule has 0 fully saturated rings. The van der Waals surface area contributed by atoms with Crippen molar-refractivity contribution in [2.75, 3.05) is 7.11 Å². The number of halogens is 2. The fraction of sp³-hybridized carbons (Fsp3) is 0.103. The van der Waals surface area contributed by atoms with Crippen LogP contribution in [0.15, 0.2) is 97.1 Å². The summed E-state index contributed by atoms with van der Waals surface area (Å²) in [6.45, 7) is 0.273. The van der Waals surface area contributed by atoms with E-state index in [1.165, 1.54) is 55.6 Å². The molecule has 37 heavy (non-hydrogen) atoms. The molecule has 4 aromatic rings. The van der Waals surface area contributed by atoms with Crippen LogP contribution in [0.4, 0.5) is 8.78 Å². The fourth-order valence-electron chi connectivity index (χ4n) is 3.56. The molecule has 0 unspecified atom stereocenters. The zero-order chi connectivity index (χ0) is 26.2. The molecular weight excluding hydrogens is 478 g/mol. The van der Waals surface area contributed by atoms with Crippen molar-refractivity contribution in [1.82, 2.24) is 10.6 Å². The van der Waals surface area contributed by atoms with Gasteiger partial charge in [-0.15, -0.1) is 0 Å². The SMILES string of the molecule is COc1ccc(C(NC(=O)c2ccc(F)cc2)NC(=O)c2ccc(F)cc2)cc1OCc1ccccc1. The molecule has 0 spiro atoms. The summed E-state index contributed by atoms with van der Waals surface area (Å²) < 4.78 is 38.1. The quantitative estimate of drug-likeness (QED) is 0.300. The number of benzene rings is 4. The van der Waals surface area contributed by atoms with E-state index in [0.717, 1.165) is 5.56 Å². The molecule has 0 heterocycles. The molecule has 0 atom stereocenters. The van der Waals surface area contributed by atoms with Crippen LogP contribution in [0, 0.1) is 11.6 Å². The van der Waals surface area contributed by atoms with Gasteiger partial charge in [0.25, 0.3) is 11.8 Å². The van der Waals surface area contributed by atoms with Gasteiger partial charge in [-0.2, -0.15) is 0 Å². The standard InChI is InChI=1S/C29H24F2N2O4/c1-36-25-16-11-22(17-26(25)37-18-19-5-3-2-4-6-19)27(32-28(34)20-7-12-23(30)13-8-20)33-29(35)21-9-14-24(31)15-10-21/h2-17,27H,18H2,1H3,(H,32,34)(H,33,35). The minimum atomic E-state index is -1.000. The molecule has 0 aromatic heterocycles. The zero-order valence-corrected chi connectivity index (χ0v) is 19.9. The van der Waals surface area contributed by atoms with Gasteiger partial charge < -0.3 is 20.1 Å². The van der Waals surface area contributed by atoms with Crippen LogP contribution in [0.2, 0.25) is 0 Å². The van der Waals surface area contributed by atoms with E-state index in [4.69, 9.17) is 9.47 Å². The molecule has 188 valence electrons. The Bertz CT molecular complexity index is 1300. The number of methoxy groups -OCH3 is 1. The second-order valence-corrected chi connectivity index (χ2v) is 8.08. The Morgan fingerprint density at radius 1 is 0.730 bits per heavy atom. The Balaban J connectivity index is 1.62. The fourth-order valence-corrected chi connectivity index (χ4v) is 3.56. The van der Waals surface area contributed by atoms with Crippen molar-refractivity contribution in [2.24, 2.45) is 0 Å². The normalized spacial score (nSPS) is 10.6. The van der Waals surface area contributed by atoms with E-state index in [-0.39, 0.29) is 17.7 Å². The summed E-state index contributed by atoms with van der Waals surface area (Å²) in [5, 5.41) is 5.51. The Morgan fingerprint density at radius 3 is 1.78 bits per heavy atom. The molecule has 0 saturated heterocycles. The van der Waals surface area contributed by atoms with Crippen LogP contribution in [0.25, 0.3) is 0 Å². The summed E-state index contributed by atoms with van der Waals surface area (Å²) in [6, 6.07) is 24.6. The first-order valence-electron chi connectivity index (χ1n) is 11.4. The number of nitrogens with one attached hydrogen (secondary N) is 2. The molecule has 4 aromatic carbocycles. The summed E-state index contributed by atoms with van der Waals surface area (Å²) in [4.78, 5) is 25.9. The van der Waals surface area contributed by atoms with Gasteiger partial charge >= 0.3 is 0 Å². The van der Waals surface area contributed by atoms with Crippen molar-refractivity contribution in [1.29, 1.82) is 0 Å². The molecule has 4 rings (SSSR count). The molecule has 0 aliphatic heterocycles. The molecular formula is C29H24F2N2O4. The number of amides is 2. The van der Waals surface area contributed by atoms with Crippen molar-refractivity contribution in [3.8, 4) is 11.5 Å². The molecule has 0 aliphatic rings. The van der Waals surface area contributed by atoms with Crippen LogP contribution in [0.5, 0.6) is 11.5 Å². The van der Waals surface area contributed by atoms with Crippen molar-refractivity contribution in [2.45, 2.75) is 12.8 Å². The predicted molar refractivity (Wildman–Crippen MR) is 134 cm³/mol. The molecule has 8 heteroatoms. The zero-order valence-electron chi connectivity index (χ0n) is 19.9. The molecule has 2 N–H and O–H groups in total. The van der Waals surface area contributed by atoms with E-state index in [1.807, 2.05) is 30.3 Å². The van der Waals surface area contributed by atoms with Gasteiger partial charge in [0.2, 0.25) is 0 Å². The van der Waals surface area contributed by atoms with Crippen LogP contribution in [0.3, 0.4) is 0 Å². The maximum Gasteiger partial charge on any atom is 0.253 e. The first-order valence-corrected chi connectivity index (χ1v) is 11.4. The van der Waals surface area contributed by atoms with E-state index in [9.17, 15) is 18.4 Å². The minimum absolute atomic E-state index is 0.205. The lowest BCUT2D eigenvalue weighted by atomic mass is 10.1. The van der Waals surface area contributed by atoms with Gasteiger partial charge in [0.1, 0.15) is 24.4 Å². The van der Waals surface area contributed by atoms with Crippen LogP contribution in [-0.2, 0) is 6.61 Å². The van der Waals surface area contributed by atoms with Gasteiger partial charge in [-0.1, -0.05) is 36.4 Å². The summed E-state index contributed by atoms with van der Waals surface area (Å²) in [7, 11) is 1.51. The predicted octanol–water partition coefficient (Wildman–Crippen LogP) is 5.41. The van der Waals surface area contributed by atoms with Gasteiger partial charge in [0.15, 0.2) is 11.5 Å². The minimum Gasteiger partial charge on any atom is -0.493 e. The van der Waals surface area contributed by atoms with Gasteiger partial charge in [-0.3, -0.25) is 9.59 Å². The number of rotatable bonds is 9. The molecule has 0 aliphatic carbocycles. The average molecular weight is 503 g/mol. The third-order valence-electron chi connectivity index (χ3n) is 5.52. The van der Waals surface area contributed by atoms with E-state index >= 15 is 0 Å². The van der Waals surface area contributed by atoms with Crippen molar-refractivity contribution >= 4 is 11.8 Å². The van der Waals surface area contributed by atoms with Gasteiger partial charge in [-0.25, -0.2) is 8.78 Å². The third kappa shape index (κ3) is 6.70. The molecule has 6 nitrogen and oxygen atoms in total. The average Bonchev–Trinajstić information content (AvgIpc) is 2.92. The van der Waals surface area contributed by atoms with Crippen LogP contribution >= 0.6 is 0 Å². The van der Waals surface area contributed by atoms with Crippen molar-refractivity contribution in [3.05, 3.63) is 131 Å². The van der Waals surface area contributed by atoms with Gasteiger partial charge in [0.05, 0.1) is 7.11 Å². The van der Waals surface area contributed by atoms with Crippen molar-refractivity contribution in [3.63, 3.8) is 0 Å². The van der Waals surface area contributed by atoms with Crippen LogP contribution in [-0.4, -0.2) is 18.9 Å². The Kier molecular flexibility index (Phi) is 8.10. The summed E-state index contributed by atoms with van der Waals surface area (Å²) in [5.41, 5.74) is 1.85. The van der Waals surface area contributed by atoms with Crippen molar-refractivity contribution < 1.29 is 27.8 Å². The first kappa shape index (κ1) is 25.4. The number of hydrogen-bond donors (Lipinski definition) is 2. The van der Waals surface area contributed by atoms with E-state index in [0.29, 0.717) is 17.1 Å². The van der Waals surface area contributed by atoms with Gasteiger partial charge in [-0.05, 0) is 71.8 Å². The summed E-state index contributed by atoms with van der Waals surface area (Å²) in [5.74, 6) is -1.16. The Labute approximate surface area is 212 Å². The number of carbonyl (C=O) groups is 2. The smallest absolute Gasteiger partial charge is 0.253 e. The first-order chi connectivity index (χ1) is 17.9. The Morgan fingerprint density at radius 2 is 1.27 bits per heavy atom. The van der Waals surface area contributed by atoms with Crippen LogP contribution < -0.4 is 20.1 Å². The Hall–Kier alpha value is -4.72. The number of carbonyl (C=O) groups excluding carboxylic acids is 2. The van der Waals surface area contributed by atoms with E-state index < -0.39 is 29.6 Å². The largest absolute Gasteiger partial charge is 0.493 e. The lowest BCUT2D eigenvalue weighted by molar-refractivity contribution is 0.0883.